The number of carbonyl (C=O) groups is 1. The van der Waals surface area contributed by atoms with E-state index in [0.717, 1.165) is 5.76 Å². The first-order chi connectivity index (χ1) is 9.60. The van der Waals surface area contributed by atoms with E-state index in [2.05, 4.69) is 15.3 Å². The molecule has 0 aromatic carbocycles. The van der Waals surface area contributed by atoms with Gasteiger partial charge in [-0.1, -0.05) is 0 Å². The number of carbonyl (C=O) groups excluding carboxylic acids is 1. The van der Waals surface area contributed by atoms with Gasteiger partial charge in [0.25, 0.3) is 0 Å². The van der Waals surface area contributed by atoms with E-state index >= 15 is 0 Å². The van der Waals surface area contributed by atoms with Crippen molar-refractivity contribution < 1.29 is 13.9 Å². The first-order valence-corrected chi connectivity index (χ1v) is 6.18. The molecule has 0 bridgehead atoms. The highest BCUT2D eigenvalue weighted by molar-refractivity contribution is 5.95. The van der Waals surface area contributed by atoms with Crippen molar-refractivity contribution in [2.75, 3.05) is 17.7 Å². The summed E-state index contributed by atoms with van der Waals surface area (Å²) in [5.74, 6) is 1.14. The molecule has 2 aromatic rings. The van der Waals surface area contributed by atoms with E-state index in [1.807, 2.05) is 6.92 Å². The Morgan fingerprint density at radius 2 is 2.25 bits per heavy atom. The number of nitrogen functional groups attached to an aromatic ring is 1. The molecule has 2 heterocycles. The van der Waals surface area contributed by atoms with E-state index in [4.69, 9.17) is 14.9 Å². The number of oxazole rings is 1. The first kappa shape index (κ1) is 13.9. The number of hydrogen-bond donors (Lipinski definition) is 2. The van der Waals surface area contributed by atoms with Crippen LogP contribution in [0.15, 0.2) is 22.9 Å². The Hall–Kier alpha value is -2.57. The van der Waals surface area contributed by atoms with Gasteiger partial charge in [0.1, 0.15) is 17.1 Å². The van der Waals surface area contributed by atoms with Gasteiger partial charge in [0.15, 0.2) is 0 Å². The predicted octanol–water partition coefficient (Wildman–Crippen LogP) is 1.75. The summed E-state index contributed by atoms with van der Waals surface area (Å²) < 4.78 is 10.3. The van der Waals surface area contributed by atoms with Gasteiger partial charge >= 0.3 is 5.97 Å². The third-order valence-electron chi connectivity index (χ3n) is 2.48. The maximum absolute atomic E-state index is 11.8. The van der Waals surface area contributed by atoms with Crippen molar-refractivity contribution in [3.63, 3.8) is 0 Å². The lowest BCUT2D eigenvalue weighted by molar-refractivity contribution is 0.0527. The molecule has 0 saturated heterocycles. The molecule has 2 aromatic heterocycles. The first-order valence-electron chi connectivity index (χ1n) is 6.18. The Kier molecular flexibility index (Phi) is 4.19. The molecule has 2 rings (SSSR count). The van der Waals surface area contributed by atoms with Crippen LogP contribution in [0.5, 0.6) is 0 Å². The molecular weight excluding hydrogens is 260 g/mol. The maximum Gasteiger partial charge on any atom is 0.341 e. The lowest BCUT2D eigenvalue weighted by Gasteiger charge is -2.09. The molecule has 0 fully saturated rings. The summed E-state index contributed by atoms with van der Waals surface area (Å²) in [5, 5.41) is 2.99. The van der Waals surface area contributed by atoms with Crippen molar-refractivity contribution in [1.29, 1.82) is 0 Å². The third-order valence-corrected chi connectivity index (χ3v) is 2.48. The number of anilines is 2. The number of nitrogens with zero attached hydrogens (tertiary/aromatic N) is 2. The van der Waals surface area contributed by atoms with Crippen molar-refractivity contribution in [2.45, 2.75) is 20.4 Å². The van der Waals surface area contributed by atoms with E-state index in [1.165, 1.54) is 12.3 Å². The molecule has 0 atom stereocenters. The minimum absolute atomic E-state index is 0.284. The van der Waals surface area contributed by atoms with Crippen LogP contribution in [-0.4, -0.2) is 22.5 Å². The molecule has 0 aliphatic rings. The number of aryl methyl sites for hydroxylation is 1. The summed E-state index contributed by atoms with van der Waals surface area (Å²) in [6.45, 7) is 4.14. The second-order valence-corrected chi connectivity index (χ2v) is 4.10. The summed E-state index contributed by atoms with van der Waals surface area (Å²) in [5.41, 5.74) is 6.32. The van der Waals surface area contributed by atoms with Crippen LogP contribution >= 0.6 is 0 Å². The number of nitrogens with one attached hydrogen (secondary N) is 1. The van der Waals surface area contributed by atoms with Gasteiger partial charge in [-0.05, 0) is 19.9 Å². The summed E-state index contributed by atoms with van der Waals surface area (Å²) in [6, 6.07) is 1.52. The lowest BCUT2D eigenvalue weighted by atomic mass is 10.2. The number of rotatable bonds is 5. The van der Waals surface area contributed by atoms with Gasteiger partial charge < -0.3 is 20.2 Å². The number of pyridine rings is 1. The molecule has 7 heteroatoms. The minimum Gasteiger partial charge on any atom is -0.462 e. The Balaban J connectivity index is 2.16. The molecule has 0 radical (unpaired) electrons. The normalized spacial score (nSPS) is 10.3. The monoisotopic (exact) mass is 276 g/mol. The van der Waals surface area contributed by atoms with Crippen molar-refractivity contribution in [1.82, 2.24) is 9.97 Å². The zero-order valence-electron chi connectivity index (χ0n) is 11.3. The van der Waals surface area contributed by atoms with Gasteiger partial charge in [-0.15, -0.1) is 0 Å². The van der Waals surface area contributed by atoms with Gasteiger partial charge in [-0.3, -0.25) is 0 Å². The molecule has 0 spiro atoms. The maximum atomic E-state index is 11.8. The Bertz CT molecular complexity index is 609. The molecule has 3 N–H and O–H groups in total. The number of nitrogens with two attached hydrogens (primary N) is 1. The molecule has 0 aliphatic heterocycles. The molecule has 7 nitrogen and oxygen atoms in total. The van der Waals surface area contributed by atoms with Crippen molar-refractivity contribution in [2.24, 2.45) is 0 Å². The van der Waals surface area contributed by atoms with E-state index < -0.39 is 5.97 Å². The smallest absolute Gasteiger partial charge is 0.341 e. The Labute approximate surface area is 116 Å². The van der Waals surface area contributed by atoms with Crippen LogP contribution in [0.3, 0.4) is 0 Å². The van der Waals surface area contributed by atoms with Crippen LogP contribution in [0.1, 0.15) is 28.9 Å². The van der Waals surface area contributed by atoms with Crippen LogP contribution in [0.2, 0.25) is 0 Å². The van der Waals surface area contributed by atoms with Crippen molar-refractivity contribution >= 4 is 17.5 Å². The van der Waals surface area contributed by atoms with Gasteiger partial charge in [0.05, 0.1) is 31.2 Å². The summed E-state index contributed by atoms with van der Waals surface area (Å²) in [7, 11) is 0. The highest BCUT2D eigenvalue weighted by Gasteiger charge is 2.15. The highest BCUT2D eigenvalue weighted by Crippen LogP contribution is 2.17. The van der Waals surface area contributed by atoms with Gasteiger partial charge in [-0.2, -0.15) is 0 Å². The molecule has 0 aliphatic carbocycles. The van der Waals surface area contributed by atoms with Crippen LogP contribution in [0, 0.1) is 6.92 Å². The molecule has 0 amide bonds. The fourth-order valence-corrected chi connectivity index (χ4v) is 1.63. The average Bonchev–Trinajstić information content (AvgIpc) is 2.83. The Morgan fingerprint density at radius 1 is 1.45 bits per heavy atom. The van der Waals surface area contributed by atoms with E-state index in [0.29, 0.717) is 23.9 Å². The van der Waals surface area contributed by atoms with E-state index in [1.54, 1.807) is 13.1 Å². The average molecular weight is 276 g/mol. The molecule has 0 unspecified atom stereocenters. The van der Waals surface area contributed by atoms with Crippen LogP contribution in [-0.2, 0) is 11.3 Å². The van der Waals surface area contributed by atoms with Crippen LogP contribution in [0.4, 0.5) is 11.5 Å². The Morgan fingerprint density at radius 3 is 2.90 bits per heavy atom. The van der Waals surface area contributed by atoms with Crippen molar-refractivity contribution in [3.8, 4) is 0 Å². The summed E-state index contributed by atoms with van der Waals surface area (Å²) in [6.07, 6.45) is 3.09. The second kappa shape index (κ2) is 6.05. The lowest BCUT2D eigenvalue weighted by Crippen LogP contribution is -2.12. The predicted molar refractivity (Wildman–Crippen MR) is 73.2 cm³/mol. The fourth-order valence-electron chi connectivity index (χ4n) is 1.63. The highest BCUT2D eigenvalue weighted by atomic mass is 16.5. The zero-order chi connectivity index (χ0) is 14.5. The minimum atomic E-state index is -0.474. The largest absolute Gasteiger partial charge is 0.462 e. The van der Waals surface area contributed by atoms with Gasteiger partial charge in [0.2, 0.25) is 5.89 Å². The molecular formula is C13H16N4O3. The van der Waals surface area contributed by atoms with E-state index in [-0.39, 0.29) is 12.2 Å². The summed E-state index contributed by atoms with van der Waals surface area (Å²) in [4.78, 5) is 20.0. The molecule has 0 saturated carbocycles. The number of ether oxygens (including phenoxy) is 1. The van der Waals surface area contributed by atoms with Gasteiger partial charge in [0, 0.05) is 0 Å². The third kappa shape index (κ3) is 3.25. The van der Waals surface area contributed by atoms with E-state index in [9.17, 15) is 4.79 Å². The van der Waals surface area contributed by atoms with Crippen LogP contribution in [0.25, 0.3) is 0 Å². The SMILES string of the molecule is CCOC(=O)c1cc(N)cnc1NCc1ncc(C)o1. The summed E-state index contributed by atoms with van der Waals surface area (Å²) >= 11 is 0. The van der Waals surface area contributed by atoms with Crippen molar-refractivity contribution in [3.05, 3.63) is 35.7 Å². The van der Waals surface area contributed by atoms with Crippen LogP contribution < -0.4 is 11.1 Å². The standard InChI is InChI=1S/C13H16N4O3/c1-3-19-13(18)10-4-9(14)6-16-12(10)17-7-11-15-5-8(2)20-11/h4-6H,3,7,14H2,1-2H3,(H,16,17). The number of aromatic nitrogens is 2. The topological polar surface area (TPSA) is 103 Å². The number of hydrogen-bond acceptors (Lipinski definition) is 7. The molecule has 20 heavy (non-hydrogen) atoms. The van der Waals surface area contributed by atoms with Gasteiger partial charge in [-0.25, -0.2) is 14.8 Å². The number of esters is 1. The zero-order valence-corrected chi connectivity index (χ0v) is 11.3. The fraction of sp³-hybridized carbons (Fsp3) is 0.308. The second-order valence-electron chi connectivity index (χ2n) is 4.10. The molecule has 106 valence electrons. The quantitative estimate of drug-likeness (QED) is 0.802.